The van der Waals surface area contributed by atoms with Gasteiger partial charge in [0.2, 0.25) is 0 Å². The van der Waals surface area contributed by atoms with E-state index >= 15 is 0 Å². The molecule has 0 spiro atoms. The van der Waals surface area contributed by atoms with Crippen LogP contribution in [0.25, 0.3) is 83.6 Å². The second-order valence-electron chi connectivity index (χ2n) is 15.4. The lowest BCUT2D eigenvalue weighted by molar-refractivity contribution is 1.11. The number of aromatic nitrogens is 3. The molecule has 0 bridgehead atoms. The van der Waals surface area contributed by atoms with Gasteiger partial charge in [-0.1, -0.05) is 182 Å². The van der Waals surface area contributed by atoms with Crippen LogP contribution in [0.3, 0.4) is 0 Å². The van der Waals surface area contributed by atoms with E-state index in [4.69, 9.17) is 9.97 Å². The molecule has 2 heterocycles. The molecule has 4 heteroatoms. The molecule has 0 aliphatic heterocycles. The van der Waals surface area contributed by atoms with Crippen molar-refractivity contribution >= 4 is 39.0 Å². The Morgan fingerprint density at radius 3 is 1.19 bits per heavy atom. The Hall–Kier alpha value is -8.34. The van der Waals surface area contributed by atoms with Crippen molar-refractivity contribution in [2.24, 2.45) is 0 Å². The highest BCUT2D eigenvalue weighted by molar-refractivity contribution is 6.15. The number of hydrogen-bond acceptors (Lipinski definition) is 3. The first-order valence-electron chi connectivity index (χ1n) is 21.0. The van der Waals surface area contributed by atoms with Crippen LogP contribution in [-0.4, -0.2) is 14.5 Å². The van der Waals surface area contributed by atoms with Crippen molar-refractivity contribution < 1.29 is 0 Å². The van der Waals surface area contributed by atoms with Gasteiger partial charge in [0.05, 0.1) is 16.6 Å². The van der Waals surface area contributed by atoms with Crippen molar-refractivity contribution in [2.75, 3.05) is 4.90 Å². The predicted octanol–water partition coefficient (Wildman–Crippen LogP) is 15.4. The van der Waals surface area contributed by atoms with Gasteiger partial charge in [-0.05, 0) is 94.0 Å². The van der Waals surface area contributed by atoms with Crippen LogP contribution in [0, 0.1) is 0 Å². The van der Waals surface area contributed by atoms with Crippen LogP contribution in [0.4, 0.5) is 17.1 Å². The number of rotatable bonds is 9. The van der Waals surface area contributed by atoms with Crippen molar-refractivity contribution in [2.45, 2.75) is 0 Å². The molecule has 0 amide bonds. The molecule has 0 atom stereocenters. The highest BCUT2D eigenvalue weighted by Crippen LogP contribution is 2.41. The highest BCUT2D eigenvalue weighted by atomic mass is 15.1. The standard InChI is InChI=1S/C58H40N4/c1-6-16-41(17-7-1)43-26-33-50(34-27-43)61(51-35-28-44(29-36-51)42-18-8-2-9-19-42)52-37-30-45(31-38-52)48-32-39-54-53(40-48)55-56(46-20-10-3-11-21-46)59-57(47-22-12-4-13-23-47)60-58(55)62(54)49-24-14-5-15-25-49/h1-40H. The third-order valence-electron chi connectivity index (χ3n) is 11.6. The van der Waals surface area contributed by atoms with E-state index in [2.05, 4.69) is 234 Å². The molecule has 0 aliphatic rings. The fourth-order valence-corrected chi connectivity index (χ4v) is 8.56. The molecule has 0 aliphatic carbocycles. The summed E-state index contributed by atoms with van der Waals surface area (Å²) in [5.41, 5.74) is 16.2. The second kappa shape index (κ2) is 16.0. The van der Waals surface area contributed by atoms with Gasteiger partial charge in [0, 0.05) is 39.3 Å². The molecule has 0 radical (unpaired) electrons. The maximum absolute atomic E-state index is 5.33. The molecule has 4 nitrogen and oxygen atoms in total. The van der Waals surface area contributed by atoms with Crippen molar-refractivity contribution in [3.05, 3.63) is 243 Å². The van der Waals surface area contributed by atoms with E-state index in [1.54, 1.807) is 0 Å². The van der Waals surface area contributed by atoms with Gasteiger partial charge in [-0.25, -0.2) is 9.97 Å². The first-order chi connectivity index (χ1) is 30.7. The molecular formula is C58H40N4. The normalized spacial score (nSPS) is 11.2. The zero-order chi connectivity index (χ0) is 41.2. The summed E-state index contributed by atoms with van der Waals surface area (Å²) in [6, 6.07) is 85.7. The quantitative estimate of drug-likeness (QED) is 0.146. The monoisotopic (exact) mass is 792 g/mol. The molecule has 0 unspecified atom stereocenters. The van der Waals surface area contributed by atoms with Crippen LogP contribution in [0.1, 0.15) is 0 Å². The summed E-state index contributed by atoms with van der Waals surface area (Å²) in [7, 11) is 0. The number of anilines is 3. The first kappa shape index (κ1) is 36.7. The van der Waals surface area contributed by atoms with Gasteiger partial charge < -0.3 is 4.90 Å². The Kier molecular flexibility index (Phi) is 9.49. The SMILES string of the molecule is c1ccc(-c2ccc(N(c3ccc(-c4ccccc4)cc3)c3ccc(-c4ccc5c(c4)c4c(-c6ccccc6)nc(-c6ccccc6)nc4n5-c4ccccc4)cc3)cc2)cc1. The third-order valence-corrected chi connectivity index (χ3v) is 11.6. The smallest absolute Gasteiger partial charge is 0.162 e. The molecule has 0 fully saturated rings. The molecule has 62 heavy (non-hydrogen) atoms. The number of hydrogen-bond donors (Lipinski definition) is 0. The van der Waals surface area contributed by atoms with Gasteiger partial charge in [-0.2, -0.15) is 0 Å². The van der Waals surface area contributed by atoms with Gasteiger partial charge >= 0.3 is 0 Å². The lowest BCUT2D eigenvalue weighted by Crippen LogP contribution is -2.09. The largest absolute Gasteiger partial charge is 0.311 e. The summed E-state index contributed by atoms with van der Waals surface area (Å²) in [5, 5.41) is 2.12. The van der Waals surface area contributed by atoms with Gasteiger partial charge in [-0.3, -0.25) is 4.57 Å². The van der Waals surface area contributed by atoms with E-state index in [-0.39, 0.29) is 0 Å². The molecule has 0 saturated carbocycles. The minimum Gasteiger partial charge on any atom is -0.311 e. The lowest BCUT2D eigenvalue weighted by atomic mass is 10.00. The maximum atomic E-state index is 5.33. The Morgan fingerprint density at radius 2 is 0.710 bits per heavy atom. The Morgan fingerprint density at radius 1 is 0.323 bits per heavy atom. The topological polar surface area (TPSA) is 34.0 Å². The average molecular weight is 793 g/mol. The number of nitrogens with zero attached hydrogens (tertiary/aromatic N) is 4. The maximum Gasteiger partial charge on any atom is 0.162 e. The van der Waals surface area contributed by atoms with Crippen molar-refractivity contribution in [3.8, 4) is 61.7 Å². The highest BCUT2D eigenvalue weighted by Gasteiger charge is 2.22. The molecular weight excluding hydrogens is 753 g/mol. The molecule has 9 aromatic carbocycles. The number of fused-ring (bicyclic) bond motifs is 3. The van der Waals surface area contributed by atoms with E-state index in [0.717, 1.165) is 72.6 Å². The first-order valence-corrected chi connectivity index (χ1v) is 21.0. The van der Waals surface area contributed by atoms with Crippen LogP contribution in [0.2, 0.25) is 0 Å². The van der Waals surface area contributed by atoms with E-state index in [9.17, 15) is 0 Å². The second-order valence-corrected chi connectivity index (χ2v) is 15.4. The van der Waals surface area contributed by atoms with Crippen LogP contribution in [0.5, 0.6) is 0 Å². The lowest BCUT2D eigenvalue weighted by Gasteiger charge is -2.26. The molecule has 0 N–H and O–H groups in total. The Bertz CT molecular complexity index is 3190. The zero-order valence-electron chi connectivity index (χ0n) is 33.9. The Balaban J connectivity index is 1.04. The fourth-order valence-electron chi connectivity index (χ4n) is 8.56. The van der Waals surface area contributed by atoms with Gasteiger partial charge in [0.15, 0.2) is 5.82 Å². The zero-order valence-corrected chi connectivity index (χ0v) is 33.9. The summed E-state index contributed by atoms with van der Waals surface area (Å²) in [6.45, 7) is 0. The minimum absolute atomic E-state index is 0.696. The number of benzene rings is 9. The van der Waals surface area contributed by atoms with Crippen molar-refractivity contribution in [1.29, 1.82) is 0 Å². The minimum atomic E-state index is 0.696. The van der Waals surface area contributed by atoms with Gasteiger partial charge in [0.25, 0.3) is 0 Å². The molecule has 0 saturated heterocycles. The summed E-state index contributed by atoms with van der Waals surface area (Å²) >= 11 is 0. The van der Waals surface area contributed by atoms with Crippen LogP contribution < -0.4 is 4.90 Å². The van der Waals surface area contributed by atoms with E-state index in [0.29, 0.717) is 5.82 Å². The Labute approximate surface area is 361 Å². The van der Waals surface area contributed by atoms with Crippen LogP contribution in [-0.2, 0) is 0 Å². The average Bonchev–Trinajstić information content (AvgIpc) is 3.69. The molecule has 2 aromatic heterocycles. The van der Waals surface area contributed by atoms with E-state index < -0.39 is 0 Å². The predicted molar refractivity (Wildman–Crippen MR) is 258 cm³/mol. The summed E-state index contributed by atoms with van der Waals surface area (Å²) in [6.07, 6.45) is 0. The van der Waals surface area contributed by atoms with Crippen molar-refractivity contribution in [3.63, 3.8) is 0 Å². The van der Waals surface area contributed by atoms with Crippen LogP contribution in [0.15, 0.2) is 243 Å². The van der Waals surface area contributed by atoms with Gasteiger partial charge in [-0.15, -0.1) is 0 Å². The molecule has 292 valence electrons. The van der Waals surface area contributed by atoms with Crippen molar-refractivity contribution in [1.82, 2.24) is 14.5 Å². The number of para-hydroxylation sites is 1. The van der Waals surface area contributed by atoms with Gasteiger partial charge in [0.1, 0.15) is 5.65 Å². The van der Waals surface area contributed by atoms with Crippen LogP contribution >= 0.6 is 0 Å². The summed E-state index contributed by atoms with van der Waals surface area (Å²) in [5.74, 6) is 0.696. The summed E-state index contributed by atoms with van der Waals surface area (Å²) in [4.78, 5) is 13.0. The fraction of sp³-hybridized carbons (Fsp3) is 0. The van der Waals surface area contributed by atoms with E-state index in [1.807, 2.05) is 18.2 Å². The molecule has 11 rings (SSSR count). The third kappa shape index (κ3) is 6.90. The molecule has 11 aromatic rings. The van der Waals surface area contributed by atoms with E-state index in [1.165, 1.54) is 22.3 Å². The summed E-state index contributed by atoms with van der Waals surface area (Å²) < 4.78 is 2.28.